The summed E-state index contributed by atoms with van der Waals surface area (Å²) in [5.74, 6) is 0. The fourth-order valence-corrected chi connectivity index (χ4v) is 1.29. The molecule has 2 aromatic rings. The molecule has 0 fully saturated rings. The molecule has 0 saturated carbocycles. The van der Waals surface area contributed by atoms with Crippen LogP contribution in [0.15, 0.2) is 23.4 Å². The summed E-state index contributed by atoms with van der Waals surface area (Å²) >= 11 is 0. The van der Waals surface area contributed by atoms with Crippen LogP contribution in [0.5, 0.6) is 0 Å². The van der Waals surface area contributed by atoms with Gasteiger partial charge in [-0.2, -0.15) is 5.10 Å². The standard InChI is InChI=1S/C8H10N4O.ClH/c1-11-2-3-12-7(8(11)13)6(4-9)5-10-12;/h2-3,5H,4,9H2,1H3;1H. The minimum absolute atomic E-state index is 0. The maximum absolute atomic E-state index is 11.6. The molecule has 0 unspecified atom stereocenters. The van der Waals surface area contributed by atoms with E-state index in [0.29, 0.717) is 12.1 Å². The predicted octanol–water partition coefficient (Wildman–Crippen LogP) is -0.0865. The van der Waals surface area contributed by atoms with Gasteiger partial charge in [-0.3, -0.25) is 4.79 Å². The number of nitrogens with two attached hydrogens (primary N) is 1. The Morgan fingerprint density at radius 3 is 2.86 bits per heavy atom. The zero-order valence-electron chi connectivity index (χ0n) is 7.67. The summed E-state index contributed by atoms with van der Waals surface area (Å²) in [6.07, 6.45) is 5.02. The second kappa shape index (κ2) is 3.81. The van der Waals surface area contributed by atoms with Crippen molar-refractivity contribution in [3.05, 3.63) is 34.5 Å². The lowest BCUT2D eigenvalue weighted by atomic mass is 10.3. The van der Waals surface area contributed by atoms with Gasteiger partial charge in [0.15, 0.2) is 0 Å². The lowest BCUT2D eigenvalue weighted by Gasteiger charge is -1.98. The van der Waals surface area contributed by atoms with Crippen LogP contribution >= 0.6 is 12.4 Å². The summed E-state index contributed by atoms with van der Waals surface area (Å²) in [4.78, 5) is 11.6. The Morgan fingerprint density at radius 1 is 1.50 bits per heavy atom. The quantitative estimate of drug-likeness (QED) is 0.722. The SMILES string of the molecule is Cl.Cn1ccn2ncc(CN)c2c1=O. The molecule has 0 aromatic carbocycles. The highest BCUT2D eigenvalue weighted by Crippen LogP contribution is 2.03. The van der Waals surface area contributed by atoms with E-state index in [4.69, 9.17) is 5.73 Å². The predicted molar refractivity (Wildman–Crippen MR) is 55.6 cm³/mol. The summed E-state index contributed by atoms with van der Waals surface area (Å²) in [6, 6.07) is 0. The summed E-state index contributed by atoms with van der Waals surface area (Å²) in [7, 11) is 1.70. The van der Waals surface area contributed by atoms with Crippen molar-refractivity contribution in [3.63, 3.8) is 0 Å². The van der Waals surface area contributed by atoms with Gasteiger partial charge in [0.25, 0.3) is 5.56 Å². The second-order valence-corrected chi connectivity index (χ2v) is 2.88. The van der Waals surface area contributed by atoms with Crippen molar-refractivity contribution >= 4 is 17.9 Å². The third-order valence-corrected chi connectivity index (χ3v) is 2.05. The van der Waals surface area contributed by atoms with Gasteiger partial charge < -0.3 is 10.3 Å². The average Bonchev–Trinajstić information content (AvgIpc) is 2.55. The van der Waals surface area contributed by atoms with Crippen molar-refractivity contribution in [1.29, 1.82) is 0 Å². The number of hydrogen-bond donors (Lipinski definition) is 1. The van der Waals surface area contributed by atoms with Crippen LogP contribution in [0.25, 0.3) is 5.52 Å². The first-order chi connectivity index (χ1) is 6.24. The average molecular weight is 215 g/mol. The van der Waals surface area contributed by atoms with E-state index >= 15 is 0 Å². The van der Waals surface area contributed by atoms with Crippen molar-refractivity contribution in [2.45, 2.75) is 6.54 Å². The van der Waals surface area contributed by atoms with Crippen molar-refractivity contribution in [3.8, 4) is 0 Å². The molecule has 0 aliphatic heterocycles. The molecular weight excluding hydrogens is 204 g/mol. The topological polar surface area (TPSA) is 65.3 Å². The fraction of sp³-hybridized carbons (Fsp3) is 0.250. The first kappa shape index (κ1) is 10.7. The molecule has 2 aromatic heterocycles. The first-order valence-electron chi connectivity index (χ1n) is 3.96. The van der Waals surface area contributed by atoms with Crippen molar-refractivity contribution in [2.75, 3.05) is 0 Å². The third kappa shape index (κ3) is 1.40. The highest BCUT2D eigenvalue weighted by molar-refractivity contribution is 5.85. The van der Waals surface area contributed by atoms with Crippen LogP contribution in [0.2, 0.25) is 0 Å². The van der Waals surface area contributed by atoms with Crippen LogP contribution < -0.4 is 11.3 Å². The van der Waals surface area contributed by atoms with Crippen molar-refractivity contribution in [1.82, 2.24) is 14.2 Å². The van der Waals surface area contributed by atoms with Crippen LogP contribution in [0.4, 0.5) is 0 Å². The van der Waals surface area contributed by atoms with E-state index in [1.165, 1.54) is 4.57 Å². The van der Waals surface area contributed by atoms with Gasteiger partial charge in [-0.15, -0.1) is 12.4 Å². The van der Waals surface area contributed by atoms with E-state index in [1.54, 1.807) is 30.2 Å². The van der Waals surface area contributed by atoms with Crippen LogP contribution in [0, 0.1) is 0 Å². The molecule has 2 rings (SSSR count). The van der Waals surface area contributed by atoms with Crippen molar-refractivity contribution in [2.24, 2.45) is 12.8 Å². The molecule has 0 aliphatic carbocycles. The van der Waals surface area contributed by atoms with Crippen molar-refractivity contribution < 1.29 is 0 Å². The molecular formula is C8H11ClN4O. The zero-order chi connectivity index (χ0) is 9.42. The van der Waals surface area contributed by atoms with Gasteiger partial charge in [0.2, 0.25) is 0 Å². The number of aryl methyl sites for hydroxylation is 1. The van der Waals surface area contributed by atoms with Gasteiger partial charge in [-0.1, -0.05) is 0 Å². The molecule has 0 spiro atoms. The molecule has 0 atom stereocenters. The number of halogens is 1. The molecule has 0 amide bonds. The zero-order valence-corrected chi connectivity index (χ0v) is 8.49. The third-order valence-electron chi connectivity index (χ3n) is 2.05. The van der Waals surface area contributed by atoms with Gasteiger partial charge >= 0.3 is 0 Å². The Balaban J connectivity index is 0.000000980. The van der Waals surface area contributed by atoms with Crippen LogP contribution in [0.3, 0.4) is 0 Å². The van der Waals surface area contributed by atoms with Gasteiger partial charge in [0.05, 0.1) is 6.20 Å². The minimum Gasteiger partial charge on any atom is -0.326 e. The Hall–Kier alpha value is -1.33. The number of hydrogen-bond acceptors (Lipinski definition) is 3. The summed E-state index contributed by atoms with van der Waals surface area (Å²) in [6.45, 7) is 0.336. The van der Waals surface area contributed by atoms with Gasteiger partial charge in [0, 0.05) is 31.5 Å². The highest BCUT2D eigenvalue weighted by Gasteiger charge is 2.06. The molecule has 6 heteroatoms. The summed E-state index contributed by atoms with van der Waals surface area (Å²) in [5.41, 5.74) is 6.75. The molecule has 0 radical (unpaired) electrons. The number of fused-ring (bicyclic) bond motifs is 1. The molecule has 76 valence electrons. The molecule has 0 bridgehead atoms. The Labute approximate surface area is 86.6 Å². The molecule has 14 heavy (non-hydrogen) atoms. The summed E-state index contributed by atoms with van der Waals surface area (Å²) < 4.78 is 3.06. The largest absolute Gasteiger partial charge is 0.326 e. The van der Waals surface area contributed by atoms with E-state index in [1.807, 2.05) is 0 Å². The van der Waals surface area contributed by atoms with Gasteiger partial charge in [-0.05, 0) is 0 Å². The molecule has 2 N–H and O–H groups in total. The first-order valence-corrected chi connectivity index (χ1v) is 3.96. The summed E-state index contributed by atoms with van der Waals surface area (Å²) in [5, 5.41) is 4.01. The molecule has 0 aliphatic rings. The highest BCUT2D eigenvalue weighted by atomic mass is 35.5. The second-order valence-electron chi connectivity index (χ2n) is 2.88. The monoisotopic (exact) mass is 214 g/mol. The number of aromatic nitrogens is 3. The lowest BCUT2D eigenvalue weighted by Crippen LogP contribution is -2.19. The van der Waals surface area contributed by atoms with E-state index in [0.717, 1.165) is 5.56 Å². The van der Waals surface area contributed by atoms with Crippen LogP contribution in [0.1, 0.15) is 5.56 Å². The Kier molecular flexibility index (Phi) is 2.93. The fourth-order valence-electron chi connectivity index (χ4n) is 1.29. The lowest BCUT2D eigenvalue weighted by molar-refractivity contribution is 0.819. The Morgan fingerprint density at radius 2 is 2.21 bits per heavy atom. The Bertz CT molecular complexity index is 502. The normalized spacial score (nSPS) is 10.1. The molecule has 5 nitrogen and oxygen atoms in total. The molecule has 0 saturated heterocycles. The van der Waals surface area contributed by atoms with Gasteiger partial charge in [0.1, 0.15) is 5.52 Å². The van der Waals surface area contributed by atoms with E-state index in [-0.39, 0.29) is 18.0 Å². The number of rotatable bonds is 1. The maximum Gasteiger partial charge on any atom is 0.276 e. The van der Waals surface area contributed by atoms with Crippen LogP contribution in [-0.4, -0.2) is 14.2 Å². The van der Waals surface area contributed by atoms with E-state index in [9.17, 15) is 4.79 Å². The maximum atomic E-state index is 11.6. The van der Waals surface area contributed by atoms with Crippen LogP contribution in [-0.2, 0) is 13.6 Å². The minimum atomic E-state index is -0.0690. The number of nitrogens with zero attached hydrogens (tertiary/aromatic N) is 3. The van der Waals surface area contributed by atoms with Gasteiger partial charge in [-0.25, -0.2) is 4.52 Å². The van der Waals surface area contributed by atoms with E-state index in [2.05, 4.69) is 5.10 Å². The van der Waals surface area contributed by atoms with E-state index < -0.39 is 0 Å². The molecule has 2 heterocycles. The smallest absolute Gasteiger partial charge is 0.276 e.